The van der Waals surface area contributed by atoms with Gasteiger partial charge in [0.2, 0.25) is 0 Å². The standard InChI is InChI=1S/C8H15NO2.ClH/c10-8(11)6-9-7-4-2-1-3-5-7;/h7,9H,1-6H2,(H,10,11);1H. The number of aliphatic carboxylic acids is 1. The topological polar surface area (TPSA) is 49.3 Å². The van der Waals surface area contributed by atoms with Gasteiger partial charge in [-0.1, -0.05) is 19.3 Å². The average molecular weight is 194 g/mol. The van der Waals surface area contributed by atoms with Crippen molar-refractivity contribution in [3.8, 4) is 0 Å². The van der Waals surface area contributed by atoms with Gasteiger partial charge in [-0.2, -0.15) is 0 Å². The molecule has 0 spiro atoms. The number of carbonyl (C=O) groups is 1. The van der Waals surface area contributed by atoms with Gasteiger partial charge in [0.15, 0.2) is 0 Å². The van der Waals surface area contributed by atoms with E-state index in [0.29, 0.717) is 6.04 Å². The van der Waals surface area contributed by atoms with Crippen molar-refractivity contribution in [2.75, 3.05) is 6.54 Å². The summed E-state index contributed by atoms with van der Waals surface area (Å²) < 4.78 is 0. The molecule has 0 unspecified atom stereocenters. The van der Waals surface area contributed by atoms with Gasteiger partial charge in [-0.3, -0.25) is 4.79 Å². The van der Waals surface area contributed by atoms with E-state index in [0.717, 1.165) is 12.8 Å². The molecule has 1 aliphatic carbocycles. The molecule has 0 aromatic heterocycles. The van der Waals surface area contributed by atoms with Crippen LogP contribution in [0, 0.1) is 0 Å². The number of halogens is 1. The largest absolute Gasteiger partial charge is 0.480 e. The Morgan fingerprint density at radius 2 is 1.92 bits per heavy atom. The maximum atomic E-state index is 10.2. The van der Waals surface area contributed by atoms with Crippen LogP contribution in [0.5, 0.6) is 0 Å². The van der Waals surface area contributed by atoms with E-state index in [1.54, 1.807) is 0 Å². The number of nitrogens with one attached hydrogen (secondary N) is 1. The van der Waals surface area contributed by atoms with Crippen LogP contribution in [0.3, 0.4) is 0 Å². The van der Waals surface area contributed by atoms with Gasteiger partial charge >= 0.3 is 5.97 Å². The Kier molecular flexibility index (Phi) is 6.11. The molecule has 0 radical (unpaired) electrons. The Hall–Kier alpha value is -0.280. The summed E-state index contributed by atoms with van der Waals surface area (Å²) in [6, 6.07) is 0.458. The third-order valence-corrected chi connectivity index (χ3v) is 2.15. The van der Waals surface area contributed by atoms with Gasteiger partial charge in [0.05, 0.1) is 6.54 Å². The van der Waals surface area contributed by atoms with Crippen LogP contribution in [0.4, 0.5) is 0 Å². The van der Waals surface area contributed by atoms with E-state index in [9.17, 15) is 4.79 Å². The summed E-state index contributed by atoms with van der Waals surface area (Å²) in [5.41, 5.74) is 0. The minimum atomic E-state index is -0.754. The van der Waals surface area contributed by atoms with Gasteiger partial charge in [-0.15, -0.1) is 12.4 Å². The van der Waals surface area contributed by atoms with Crippen LogP contribution >= 0.6 is 12.4 Å². The van der Waals surface area contributed by atoms with E-state index in [2.05, 4.69) is 5.32 Å². The van der Waals surface area contributed by atoms with Crippen LogP contribution in [0.1, 0.15) is 32.1 Å². The van der Waals surface area contributed by atoms with Gasteiger partial charge in [0.25, 0.3) is 0 Å². The number of rotatable bonds is 3. The summed E-state index contributed by atoms with van der Waals surface area (Å²) >= 11 is 0. The highest BCUT2D eigenvalue weighted by Gasteiger charge is 2.12. The van der Waals surface area contributed by atoms with E-state index in [4.69, 9.17) is 5.11 Å². The van der Waals surface area contributed by atoms with Crippen LogP contribution in [0.25, 0.3) is 0 Å². The molecule has 1 aliphatic rings. The fourth-order valence-electron chi connectivity index (χ4n) is 1.54. The van der Waals surface area contributed by atoms with Gasteiger partial charge < -0.3 is 10.4 Å². The third kappa shape index (κ3) is 4.57. The number of hydrogen-bond donors (Lipinski definition) is 2. The van der Waals surface area contributed by atoms with Crippen LogP contribution in [-0.2, 0) is 4.79 Å². The van der Waals surface area contributed by atoms with Crippen LogP contribution < -0.4 is 5.32 Å². The second-order valence-corrected chi connectivity index (χ2v) is 3.11. The van der Waals surface area contributed by atoms with Crippen molar-refractivity contribution >= 4 is 18.4 Å². The zero-order chi connectivity index (χ0) is 8.10. The van der Waals surface area contributed by atoms with Crippen molar-refractivity contribution in [3.63, 3.8) is 0 Å². The molecule has 0 aliphatic heterocycles. The first kappa shape index (κ1) is 11.7. The molecule has 2 N–H and O–H groups in total. The molecule has 4 heteroatoms. The summed E-state index contributed by atoms with van der Waals surface area (Å²) in [6.07, 6.45) is 6.10. The molecular weight excluding hydrogens is 178 g/mol. The molecule has 0 heterocycles. The molecule has 0 saturated heterocycles. The predicted molar refractivity (Wildman–Crippen MR) is 49.8 cm³/mol. The maximum absolute atomic E-state index is 10.2. The third-order valence-electron chi connectivity index (χ3n) is 2.15. The van der Waals surface area contributed by atoms with Crippen LogP contribution in [-0.4, -0.2) is 23.7 Å². The Labute approximate surface area is 78.9 Å². The van der Waals surface area contributed by atoms with Crippen molar-refractivity contribution < 1.29 is 9.90 Å². The second-order valence-electron chi connectivity index (χ2n) is 3.11. The molecule has 0 atom stereocenters. The summed E-state index contributed by atoms with van der Waals surface area (Å²) in [5.74, 6) is -0.754. The minimum absolute atomic E-state index is 0. The quantitative estimate of drug-likeness (QED) is 0.713. The molecular formula is C8H16ClNO2. The number of hydrogen-bond acceptors (Lipinski definition) is 2. The monoisotopic (exact) mass is 193 g/mol. The maximum Gasteiger partial charge on any atom is 0.317 e. The molecule has 1 rings (SSSR count). The molecule has 3 nitrogen and oxygen atoms in total. The highest BCUT2D eigenvalue weighted by Crippen LogP contribution is 2.16. The van der Waals surface area contributed by atoms with Crippen molar-refractivity contribution in [2.24, 2.45) is 0 Å². The van der Waals surface area contributed by atoms with Crippen molar-refractivity contribution in [1.29, 1.82) is 0 Å². The average Bonchev–Trinajstić information content (AvgIpc) is 2.03. The molecule has 0 bridgehead atoms. The summed E-state index contributed by atoms with van der Waals surface area (Å²) in [6.45, 7) is 0.116. The zero-order valence-corrected chi connectivity index (χ0v) is 7.90. The second kappa shape index (κ2) is 6.26. The fraction of sp³-hybridized carbons (Fsp3) is 0.875. The first-order valence-electron chi connectivity index (χ1n) is 4.24. The fourth-order valence-corrected chi connectivity index (χ4v) is 1.54. The van der Waals surface area contributed by atoms with E-state index in [-0.39, 0.29) is 19.0 Å². The lowest BCUT2D eigenvalue weighted by Crippen LogP contribution is -2.34. The highest BCUT2D eigenvalue weighted by molar-refractivity contribution is 5.85. The predicted octanol–water partition coefficient (Wildman–Crippen LogP) is 1.42. The van der Waals surface area contributed by atoms with E-state index < -0.39 is 5.97 Å². The van der Waals surface area contributed by atoms with E-state index >= 15 is 0 Å². The molecule has 1 saturated carbocycles. The van der Waals surface area contributed by atoms with Gasteiger partial charge in [-0.05, 0) is 12.8 Å². The van der Waals surface area contributed by atoms with Crippen molar-refractivity contribution in [2.45, 2.75) is 38.1 Å². The summed E-state index contributed by atoms with van der Waals surface area (Å²) in [7, 11) is 0. The lowest BCUT2D eigenvalue weighted by atomic mass is 9.96. The smallest absolute Gasteiger partial charge is 0.317 e. The first-order chi connectivity index (χ1) is 5.29. The zero-order valence-electron chi connectivity index (χ0n) is 7.08. The lowest BCUT2D eigenvalue weighted by Gasteiger charge is -2.21. The summed E-state index contributed by atoms with van der Waals surface area (Å²) in [4.78, 5) is 10.2. The van der Waals surface area contributed by atoms with Crippen molar-refractivity contribution in [3.05, 3.63) is 0 Å². The van der Waals surface area contributed by atoms with Crippen LogP contribution in [0.2, 0.25) is 0 Å². The number of carboxylic acid groups (broad SMARTS) is 1. The summed E-state index contributed by atoms with van der Waals surface area (Å²) in [5, 5.41) is 11.4. The Morgan fingerprint density at radius 1 is 1.33 bits per heavy atom. The Morgan fingerprint density at radius 3 is 2.42 bits per heavy atom. The Bertz CT molecular complexity index is 135. The molecule has 0 aromatic rings. The molecule has 0 aromatic carbocycles. The Balaban J connectivity index is 0.00000121. The van der Waals surface area contributed by atoms with Gasteiger partial charge in [-0.25, -0.2) is 0 Å². The van der Waals surface area contributed by atoms with Gasteiger partial charge in [0.1, 0.15) is 0 Å². The minimum Gasteiger partial charge on any atom is -0.480 e. The van der Waals surface area contributed by atoms with Crippen LogP contribution in [0.15, 0.2) is 0 Å². The van der Waals surface area contributed by atoms with E-state index in [1.165, 1.54) is 19.3 Å². The molecule has 72 valence electrons. The normalized spacial score (nSPS) is 18.3. The molecule has 0 amide bonds. The first-order valence-corrected chi connectivity index (χ1v) is 4.24. The van der Waals surface area contributed by atoms with Crippen molar-refractivity contribution in [1.82, 2.24) is 5.32 Å². The van der Waals surface area contributed by atoms with E-state index in [1.807, 2.05) is 0 Å². The SMILES string of the molecule is Cl.O=C(O)CNC1CCCCC1. The number of carboxylic acids is 1. The highest BCUT2D eigenvalue weighted by atomic mass is 35.5. The molecule has 1 fully saturated rings. The lowest BCUT2D eigenvalue weighted by molar-refractivity contribution is -0.136. The van der Waals surface area contributed by atoms with Gasteiger partial charge in [0, 0.05) is 6.04 Å². The molecule has 12 heavy (non-hydrogen) atoms.